The van der Waals surface area contributed by atoms with Crippen molar-refractivity contribution in [1.82, 2.24) is 15.3 Å². The van der Waals surface area contributed by atoms with Crippen molar-refractivity contribution in [2.45, 2.75) is 13.8 Å². The zero-order chi connectivity index (χ0) is 12.8. The average Bonchev–Trinajstić information content (AvgIpc) is 2.27. The zero-order valence-electron chi connectivity index (χ0n) is 10.5. The lowest BCUT2D eigenvalue weighted by Crippen LogP contribution is -2.37. The molecular weight excluding hydrogens is 218 g/mol. The van der Waals surface area contributed by atoms with Crippen molar-refractivity contribution >= 4 is 17.5 Å². The first-order valence-electron chi connectivity index (χ1n) is 5.54. The van der Waals surface area contributed by atoms with Crippen LogP contribution in [0.25, 0.3) is 0 Å². The van der Waals surface area contributed by atoms with Crippen LogP contribution >= 0.6 is 0 Å². The number of carbonyl (C=O) groups excluding carboxylic acids is 1. The molecule has 0 aromatic carbocycles. The fourth-order valence-corrected chi connectivity index (χ4v) is 1.19. The number of nitrogens with two attached hydrogens (primary N) is 1. The van der Waals surface area contributed by atoms with E-state index in [1.54, 1.807) is 11.9 Å². The van der Waals surface area contributed by atoms with E-state index in [0.717, 1.165) is 0 Å². The van der Waals surface area contributed by atoms with Gasteiger partial charge in [-0.1, -0.05) is 13.8 Å². The summed E-state index contributed by atoms with van der Waals surface area (Å²) in [4.78, 5) is 21.3. The van der Waals surface area contributed by atoms with Crippen LogP contribution in [0.15, 0.2) is 12.4 Å². The second-order valence-corrected chi connectivity index (χ2v) is 4.37. The molecule has 1 aromatic heterocycles. The Balaban J connectivity index is 2.46. The molecule has 0 radical (unpaired) electrons. The van der Waals surface area contributed by atoms with Crippen molar-refractivity contribution in [3.05, 3.63) is 12.4 Å². The number of hydrogen-bond donors (Lipinski definition) is 2. The highest BCUT2D eigenvalue weighted by atomic mass is 16.2. The van der Waals surface area contributed by atoms with Gasteiger partial charge < -0.3 is 16.0 Å². The topological polar surface area (TPSA) is 84.1 Å². The van der Waals surface area contributed by atoms with Gasteiger partial charge in [0.05, 0.1) is 24.6 Å². The molecule has 6 nitrogen and oxygen atoms in total. The van der Waals surface area contributed by atoms with Crippen LogP contribution < -0.4 is 16.0 Å². The van der Waals surface area contributed by atoms with Crippen LogP contribution in [0, 0.1) is 5.92 Å². The van der Waals surface area contributed by atoms with Gasteiger partial charge >= 0.3 is 0 Å². The minimum Gasteiger partial charge on any atom is -0.396 e. The number of anilines is 2. The van der Waals surface area contributed by atoms with Crippen molar-refractivity contribution in [3.63, 3.8) is 0 Å². The van der Waals surface area contributed by atoms with Crippen molar-refractivity contribution < 1.29 is 4.79 Å². The van der Waals surface area contributed by atoms with E-state index in [2.05, 4.69) is 15.3 Å². The Kier molecular flexibility index (Phi) is 4.68. The first kappa shape index (κ1) is 13.2. The number of aromatic nitrogens is 2. The molecule has 6 heteroatoms. The lowest BCUT2D eigenvalue weighted by atomic mass is 10.2. The number of hydrogen-bond acceptors (Lipinski definition) is 5. The van der Waals surface area contributed by atoms with Gasteiger partial charge in [0.15, 0.2) is 0 Å². The van der Waals surface area contributed by atoms with Crippen LogP contribution in [0.4, 0.5) is 11.6 Å². The van der Waals surface area contributed by atoms with E-state index in [1.165, 1.54) is 12.4 Å². The van der Waals surface area contributed by atoms with Gasteiger partial charge in [-0.25, -0.2) is 9.97 Å². The van der Waals surface area contributed by atoms with Crippen LogP contribution in [0.3, 0.4) is 0 Å². The Morgan fingerprint density at radius 1 is 1.47 bits per heavy atom. The fraction of sp³-hybridized carbons (Fsp3) is 0.545. The molecule has 0 saturated carbocycles. The smallest absolute Gasteiger partial charge is 0.239 e. The van der Waals surface area contributed by atoms with E-state index in [-0.39, 0.29) is 12.5 Å². The highest BCUT2D eigenvalue weighted by Gasteiger charge is 2.09. The van der Waals surface area contributed by atoms with Gasteiger partial charge in [-0.2, -0.15) is 0 Å². The van der Waals surface area contributed by atoms with Crippen LogP contribution in [-0.2, 0) is 4.79 Å². The second kappa shape index (κ2) is 6.03. The molecule has 1 aromatic rings. The molecule has 0 atom stereocenters. The first-order valence-corrected chi connectivity index (χ1v) is 5.54. The Morgan fingerprint density at radius 3 is 2.59 bits per heavy atom. The molecule has 17 heavy (non-hydrogen) atoms. The standard InChI is InChI=1S/C11H19N5O/c1-8(2)4-13-10(17)7-16(3)11-14-5-9(12)6-15-11/h5-6,8H,4,7,12H2,1-3H3,(H,13,17). The predicted octanol–water partition coefficient (Wildman–Crippen LogP) is 0.267. The quantitative estimate of drug-likeness (QED) is 0.767. The maximum atomic E-state index is 11.6. The summed E-state index contributed by atoms with van der Waals surface area (Å²) in [6, 6.07) is 0. The van der Waals surface area contributed by atoms with Crippen LogP contribution in [0.1, 0.15) is 13.8 Å². The van der Waals surface area contributed by atoms with E-state index in [4.69, 9.17) is 5.73 Å². The number of nitrogens with one attached hydrogen (secondary N) is 1. The molecule has 0 aliphatic rings. The normalized spacial score (nSPS) is 10.4. The summed E-state index contributed by atoms with van der Waals surface area (Å²) >= 11 is 0. The Hall–Kier alpha value is -1.85. The molecule has 0 bridgehead atoms. The van der Waals surface area contributed by atoms with Crippen molar-refractivity contribution in [2.24, 2.45) is 5.92 Å². The average molecular weight is 237 g/mol. The fourth-order valence-electron chi connectivity index (χ4n) is 1.19. The molecule has 0 aliphatic carbocycles. The molecular formula is C11H19N5O. The summed E-state index contributed by atoms with van der Waals surface area (Å²) in [5.41, 5.74) is 5.99. The number of nitrogen functional groups attached to an aromatic ring is 1. The summed E-state index contributed by atoms with van der Waals surface area (Å²) in [6.45, 7) is 5.01. The summed E-state index contributed by atoms with van der Waals surface area (Å²) in [6.07, 6.45) is 3.04. The van der Waals surface area contributed by atoms with E-state index >= 15 is 0 Å². The Labute approximate surface area is 101 Å². The molecule has 1 amide bonds. The van der Waals surface area contributed by atoms with Gasteiger partial charge in [0.1, 0.15) is 0 Å². The second-order valence-electron chi connectivity index (χ2n) is 4.37. The Bertz CT molecular complexity index is 363. The number of nitrogens with zero attached hydrogens (tertiary/aromatic N) is 3. The number of amides is 1. The van der Waals surface area contributed by atoms with Gasteiger partial charge in [-0.15, -0.1) is 0 Å². The lowest BCUT2D eigenvalue weighted by molar-refractivity contribution is -0.119. The number of likely N-dealkylation sites (N-methyl/N-ethyl adjacent to an activating group) is 1. The molecule has 1 rings (SSSR count). The predicted molar refractivity (Wildman–Crippen MR) is 67.6 cm³/mol. The van der Waals surface area contributed by atoms with Gasteiger partial charge in [0, 0.05) is 13.6 Å². The monoisotopic (exact) mass is 237 g/mol. The molecule has 0 saturated heterocycles. The molecule has 0 aliphatic heterocycles. The van der Waals surface area contributed by atoms with E-state index in [1.807, 2.05) is 13.8 Å². The summed E-state index contributed by atoms with van der Waals surface area (Å²) in [5, 5.41) is 2.83. The van der Waals surface area contributed by atoms with Crippen molar-refractivity contribution in [2.75, 3.05) is 30.8 Å². The largest absolute Gasteiger partial charge is 0.396 e. The number of rotatable bonds is 5. The highest BCUT2D eigenvalue weighted by molar-refractivity contribution is 5.80. The third kappa shape index (κ3) is 4.67. The summed E-state index contributed by atoms with van der Waals surface area (Å²) in [5.74, 6) is 0.887. The van der Waals surface area contributed by atoms with E-state index in [9.17, 15) is 4.79 Å². The van der Waals surface area contributed by atoms with Gasteiger partial charge in [-0.3, -0.25) is 4.79 Å². The first-order chi connectivity index (χ1) is 7.99. The summed E-state index contributed by atoms with van der Waals surface area (Å²) in [7, 11) is 1.76. The maximum absolute atomic E-state index is 11.6. The van der Waals surface area contributed by atoms with Crippen LogP contribution in [0.2, 0.25) is 0 Å². The highest BCUT2D eigenvalue weighted by Crippen LogP contribution is 2.05. The summed E-state index contributed by atoms with van der Waals surface area (Å²) < 4.78 is 0. The molecule has 0 spiro atoms. The van der Waals surface area contributed by atoms with E-state index < -0.39 is 0 Å². The molecule has 0 unspecified atom stereocenters. The maximum Gasteiger partial charge on any atom is 0.239 e. The SMILES string of the molecule is CC(C)CNC(=O)CN(C)c1ncc(N)cn1. The van der Waals surface area contributed by atoms with Crippen LogP contribution in [-0.4, -0.2) is 36.0 Å². The van der Waals surface area contributed by atoms with Gasteiger partial charge in [0.2, 0.25) is 11.9 Å². The Morgan fingerprint density at radius 2 is 2.06 bits per heavy atom. The number of carbonyl (C=O) groups is 1. The minimum atomic E-state index is -0.0402. The molecule has 1 heterocycles. The molecule has 0 fully saturated rings. The molecule has 94 valence electrons. The van der Waals surface area contributed by atoms with Crippen molar-refractivity contribution in [1.29, 1.82) is 0 Å². The zero-order valence-corrected chi connectivity index (χ0v) is 10.5. The van der Waals surface area contributed by atoms with Crippen molar-refractivity contribution in [3.8, 4) is 0 Å². The third-order valence-electron chi connectivity index (χ3n) is 2.09. The lowest BCUT2D eigenvalue weighted by Gasteiger charge is -2.16. The van der Waals surface area contributed by atoms with Crippen LogP contribution in [0.5, 0.6) is 0 Å². The minimum absolute atomic E-state index is 0.0402. The van der Waals surface area contributed by atoms with Gasteiger partial charge in [-0.05, 0) is 5.92 Å². The third-order valence-corrected chi connectivity index (χ3v) is 2.09. The molecule has 3 N–H and O–H groups in total. The van der Waals surface area contributed by atoms with E-state index in [0.29, 0.717) is 24.1 Å². The van der Waals surface area contributed by atoms with Gasteiger partial charge in [0.25, 0.3) is 0 Å².